The maximum atomic E-state index is 11.9. The quantitative estimate of drug-likeness (QED) is 0.752. The first-order valence-electron chi connectivity index (χ1n) is 7.48. The molecular formula is C15H24N2O4. The Bertz CT molecular complexity index is 472. The molecule has 1 fully saturated rings. The van der Waals surface area contributed by atoms with Crippen LogP contribution in [0.5, 0.6) is 0 Å². The van der Waals surface area contributed by atoms with Crippen LogP contribution in [-0.4, -0.2) is 41.7 Å². The summed E-state index contributed by atoms with van der Waals surface area (Å²) in [5.74, 6) is -0.345. The number of nitrogens with zero attached hydrogens (tertiary/aromatic N) is 2. The largest absolute Gasteiger partial charge is 0.462 e. The van der Waals surface area contributed by atoms with E-state index in [9.17, 15) is 4.79 Å². The Morgan fingerprint density at radius 2 is 2.19 bits per heavy atom. The molecule has 1 heterocycles. The average molecular weight is 296 g/mol. The van der Waals surface area contributed by atoms with E-state index in [4.69, 9.17) is 14.2 Å². The van der Waals surface area contributed by atoms with Gasteiger partial charge in [-0.25, -0.2) is 4.79 Å². The number of hydrogen-bond donors (Lipinski definition) is 0. The second-order valence-corrected chi connectivity index (χ2v) is 5.31. The molecule has 2 atom stereocenters. The number of hydrogen-bond acceptors (Lipinski definition) is 5. The molecule has 0 saturated heterocycles. The van der Waals surface area contributed by atoms with Gasteiger partial charge < -0.3 is 14.2 Å². The van der Waals surface area contributed by atoms with Crippen molar-refractivity contribution in [2.24, 2.45) is 7.05 Å². The van der Waals surface area contributed by atoms with Crippen LogP contribution < -0.4 is 0 Å². The molecule has 2 rings (SSSR count). The molecule has 0 aromatic carbocycles. The molecule has 1 aromatic rings. The van der Waals surface area contributed by atoms with Gasteiger partial charge in [-0.3, -0.25) is 4.68 Å². The topological polar surface area (TPSA) is 62.6 Å². The van der Waals surface area contributed by atoms with Crippen LogP contribution in [0.4, 0.5) is 0 Å². The van der Waals surface area contributed by atoms with E-state index in [2.05, 4.69) is 5.10 Å². The van der Waals surface area contributed by atoms with E-state index < -0.39 is 0 Å². The third-order valence-corrected chi connectivity index (χ3v) is 3.92. The maximum Gasteiger partial charge on any atom is 0.341 e. The van der Waals surface area contributed by atoms with Crippen LogP contribution >= 0.6 is 0 Å². The predicted octanol–water partition coefficient (Wildman–Crippen LogP) is 2.07. The van der Waals surface area contributed by atoms with E-state index in [1.807, 2.05) is 0 Å². The normalized spacial score (nSPS) is 22.2. The van der Waals surface area contributed by atoms with Gasteiger partial charge in [0, 0.05) is 14.2 Å². The summed E-state index contributed by atoms with van der Waals surface area (Å²) in [7, 11) is 3.55. The van der Waals surface area contributed by atoms with Crippen molar-refractivity contribution in [2.45, 2.75) is 51.4 Å². The first kappa shape index (κ1) is 16.0. The van der Waals surface area contributed by atoms with E-state index in [-0.39, 0.29) is 18.2 Å². The van der Waals surface area contributed by atoms with Crippen LogP contribution in [0.1, 0.15) is 48.7 Å². The Morgan fingerprint density at radius 1 is 1.43 bits per heavy atom. The highest BCUT2D eigenvalue weighted by atomic mass is 16.5. The van der Waals surface area contributed by atoms with Gasteiger partial charge in [0.15, 0.2) is 0 Å². The number of carbonyl (C=O) groups is 1. The van der Waals surface area contributed by atoms with Crippen LogP contribution in [-0.2, 0) is 27.9 Å². The molecule has 1 aliphatic rings. The Hall–Kier alpha value is -1.40. The summed E-state index contributed by atoms with van der Waals surface area (Å²) in [6.45, 7) is 2.51. The monoisotopic (exact) mass is 296 g/mol. The third kappa shape index (κ3) is 4.04. The highest BCUT2D eigenvalue weighted by Crippen LogP contribution is 2.24. The molecule has 0 bridgehead atoms. The summed E-state index contributed by atoms with van der Waals surface area (Å²) < 4.78 is 18.1. The fourth-order valence-electron chi connectivity index (χ4n) is 2.68. The Kier molecular flexibility index (Phi) is 5.76. The molecular weight excluding hydrogens is 272 g/mol. The van der Waals surface area contributed by atoms with Gasteiger partial charge in [0.2, 0.25) is 0 Å². The van der Waals surface area contributed by atoms with Gasteiger partial charge in [-0.15, -0.1) is 0 Å². The van der Waals surface area contributed by atoms with Crippen molar-refractivity contribution in [3.8, 4) is 0 Å². The smallest absolute Gasteiger partial charge is 0.341 e. The summed E-state index contributed by atoms with van der Waals surface area (Å²) in [6, 6.07) is 0. The zero-order chi connectivity index (χ0) is 15.2. The Morgan fingerprint density at radius 3 is 2.90 bits per heavy atom. The lowest BCUT2D eigenvalue weighted by molar-refractivity contribution is -0.0381. The first-order valence-corrected chi connectivity index (χ1v) is 7.48. The molecule has 0 amide bonds. The van der Waals surface area contributed by atoms with Gasteiger partial charge in [-0.2, -0.15) is 5.10 Å². The lowest BCUT2D eigenvalue weighted by Gasteiger charge is -2.28. The lowest BCUT2D eigenvalue weighted by atomic mass is 9.95. The minimum absolute atomic E-state index is 0.175. The van der Waals surface area contributed by atoms with Crippen LogP contribution in [0.2, 0.25) is 0 Å². The van der Waals surface area contributed by atoms with Gasteiger partial charge >= 0.3 is 5.97 Å². The molecule has 6 nitrogen and oxygen atoms in total. The number of aryl methyl sites for hydroxylation is 1. The second-order valence-electron chi connectivity index (χ2n) is 5.31. The lowest BCUT2D eigenvalue weighted by Crippen LogP contribution is -2.27. The zero-order valence-electron chi connectivity index (χ0n) is 13.0. The van der Waals surface area contributed by atoms with E-state index >= 15 is 0 Å². The van der Waals surface area contributed by atoms with Crippen molar-refractivity contribution >= 4 is 5.97 Å². The summed E-state index contributed by atoms with van der Waals surface area (Å²) in [5.41, 5.74) is 1.24. The van der Waals surface area contributed by atoms with Crippen LogP contribution in [0.15, 0.2) is 6.20 Å². The number of methoxy groups -OCH3 is 1. The molecule has 0 radical (unpaired) electrons. The molecule has 1 saturated carbocycles. The van der Waals surface area contributed by atoms with Gasteiger partial charge in [0.25, 0.3) is 0 Å². The number of esters is 1. The van der Waals surface area contributed by atoms with Crippen molar-refractivity contribution < 1.29 is 19.0 Å². The summed E-state index contributed by atoms with van der Waals surface area (Å²) in [4.78, 5) is 11.9. The molecule has 2 unspecified atom stereocenters. The third-order valence-electron chi connectivity index (χ3n) is 3.92. The molecule has 0 aliphatic heterocycles. The van der Waals surface area contributed by atoms with E-state index in [0.29, 0.717) is 18.8 Å². The van der Waals surface area contributed by atoms with Crippen molar-refractivity contribution in [1.82, 2.24) is 9.78 Å². The van der Waals surface area contributed by atoms with Gasteiger partial charge in [-0.1, -0.05) is 0 Å². The fourth-order valence-corrected chi connectivity index (χ4v) is 2.68. The predicted molar refractivity (Wildman–Crippen MR) is 77.0 cm³/mol. The van der Waals surface area contributed by atoms with Gasteiger partial charge in [-0.05, 0) is 32.6 Å². The van der Waals surface area contributed by atoms with Crippen molar-refractivity contribution in [3.63, 3.8) is 0 Å². The Balaban J connectivity index is 1.96. The molecule has 1 aliphatic carbocycles. The van der Waals surface area contributed by atoms with Crippen molar-refractivity contribution in [3.05, 3.63) is 17.5 Å². The minimum Gasteiger partial charge on any atom is -0.462 e. The molecule has 1 aromatic heterocycles. The highest BCUT2D eigenvalue weighted by Gasteiger charge is 2.24. The van der Waals surface area contributed by atoms with Gasteiger partial charge in [0.05, 0.1) is 37.3 Å². The molecule has 0 N–H and O–H groups in total. The van der Waals surface area contributed by atoms with E-state index in [1.54, 1.807) is 25.8 Å². The van der Waals surface area contributed by atoms with Crippen molar-refractivity contribution in [1.29, 1.82) is 0 Å². The van der Waals surface area contributed by atoms with Crippen LogP contribution in [0.25, 0.3) is 0 Å². The van der Waals surface area contributed by atoms with Crippen LogP contribution in [0, 0.1) is 0 Å². The number of ether oxygens (including phenoxy) is 3. The summed E-state index contributed by atoms with van der Waals surface area (Å²) >= 11 is 0. The van der Waals surface area contributed by atoms with E-state index in [0.717, 1.165) is 31.4 Å². The van der Waals surface area contributed by atoms with Crippen LogP contribution in [0.3, 0.4) is 0 Å². The van der Waals surface area contributed by atoms with Crippen molar-refractivity contribution in [2.75, 3.05) is 13.7 Å². The number of aromatic nitrogens is 2. The highest BCUT2D eigenvalue weighted by molar-refractivity contribution is 5.90. The van der Waals surface area contributed by atoms with Gasteiger partial charge in [0.1, 0.15) is 5.56 Å². The van der Waals surface area contributed by atoms with E-state index in [1.165, 1.54) is 6.20 Å². The second kappa shape index (κ2) is 7.56. The zero-order valence-corrected chi connectivity index (χ0v) is 13.0. The fraction of sp³-hybridized carbons (Fsp3) is 0.733. The maximum absolute atomic E-state index is 11.9. The number of rotatable bonds is 6. The molecule has 0 spiro atoms. The summed E-state index contributed by atoms with van der Waals surface area (Å²) in [5, 5.41) is 4.13. The average Bonchev–Trinajstić information content (AvgIpc) is 2.86. The summed E-state index contributed by atoms with van der Waals surface area (Å²) in [6.07, 6.45) is 6.13. The molecule has 118 valence electrons. The Labute approximate surface area is 125 Å². The SMILES string of the molecule is CCOC(=O)c1cnn(C)c1COC1CCCC(OC)C1. The molecule has 21 heavy (non-hydrogen) atoms. The molecule has 6 heteroatoms. The minimum atomic E-state index is -0.345. The first-order chi connectivity index (χ1) is 10.2. The standard InChI is InChI=1S/C15H24N2O4/c1-4-20-15(18)13-9-16-17(2)14(13)10-21-12-7-5-6-11(8-12)19-3/h9,11-12H,4-8,10H2,1-3H3. The number of carbonyl (C=O) groups excluding carboxylic acids is 1.